The van der Waals surface area contributed by atoms with E-state index in [0.717, 1.165) is 16.0 Å². The number of non-ortho nitro benzene ring substituents is 1. The van der Waals surface area contributed by atoms with Gasteiger partial charge < -0.3 is 4.74 Å². The summed E-state index contributed by atoms with van der Waals surface area (Å²) in [5.41, 5.74) is 0.519. The van der Waals surface area contributed by atoms with E-state index < -0.39 is 22.9 Å². The van der Waals surface area contributed by atoms with Crippen LogP contribution in [0.15, 0.2) is 58.7 Å². The van der Waals surface area contributed by atoms with Crippen LogP contribution in [0.1, 0.15) is 24.3 Å². The van der Waals surface area contributed by atoms with E-state index in [1.54, 1.807) is 48.7 Å². The summed E-state index contributed by atoms with van der Waals surface area (Å²) in [6, 6.07) is 12.5. The number of rotatable bonds is 7. The number of ether oxygens (including phenoxy) is 1. The molecule has 12 heteroatoms. The molecule has 178 valence electrons. The molecule has 0 fully saturated rings. The average molecular weight is 494 g/mol. The lowest BCUT2D eigenvalue weighted by molar-refractivity contribution is -0.384. The van der Waals surface area contributed by atoms with E-state index in [0.29, 0.717) is 22.0 Å². The van der Waals surface area contributed by atoms with Crippen LogP contribution in [0.5, 0.6) is 0 Å². The highest BCUT2D eigenvalue weighted by atomic mass is 32.1. The Morgan fingerprint density at radius 2 is 1.94 bits per heavy atom. The molecule has 11 nitrogen and oxygen atoms in total. The van der Waals surface area contributed by atoms with Crippen LogP contribution in [0, 0.1) is 10.1 Å². The van der Waals surface area contributed by atoms with E-state index in [1.807, 2.05) is 0 Å². The zero-order valence-corrected chi connectivity index (χ0v) is 19.4. The first-order valence-electron chi connectivity index (χ1n) is 10.5. The Morgan fingerprint density at radius 1 is 1.20 bits per heavy atom. The summed E-state index contributed by atoms with van der Waals surface area (Å²) in [5, 5.41) is 20.2. The minimum Gasteiger partial charge on any atom is -0.448 e. The van der Waals surface area contributed by atoms with Crippen molar-refractivity contribution in [3.8, 4) is 11.3 Å². The highest BCUT2D eigenvalue weighted by molar-refractivity contribution is 7.14. The topological polar surface area (TPSA) is 146 Å². The summed E-state index contributed by atoms with van der Waals surface area (Å²) < 4.78 is 6.49. The highest BCUT2D eigenvalue weighted by Gasteiger charge is 2.24. The molecule has 1 atom stereocenters. The second-order valence-corrected chi connectivity index (χ2v) is 8.26. The summed E-state index contributed by atoms with van der Waals surface area (Å²) in [4.78, 5) is 52.7. The minimum atomic E-state index is -1.18. The van der Waals surface area contributed by atoms with Gasteiger partial charge >= 0.3 is 5.97 Å². The molecule has 2 heterocycles. The van der Waals surface area contributed by atoms with Gasteiger partial charge in [-0.25, -0.2) is 14.5 Å². The molecule has 0 aliphatic rings. The Balaban J connectivity index is 1.49. The average Bonchev–Trinajstić information content (AvgIpc) is 3.33. The third-order valence-electron chi connectivity index (χ3n) is 5.10. The molecule has 0 radical (unpaired) electrons. The van der Waals surface area contributed by atoms with Crippen molar-refractivity contribution in [2.24, 2.45) is 0 Å². The molecule has 2 aromatic carbocycles. The maximum absolute atomic E-state index is 12.8. The van der Waals surface area contributed by atoms with E-state index in [-0.39, 0.29) is 28.6 Å². The number of aromatic nitrogens is 3. The lowest BCUT2D eigenvalue weighted by Gasteiger charge is -2.14. The van der Waals surface area contributed by atoms with Gasteiger partial charge in [-0.1, -0.05) is 30.3 Å². The van der Waals surface area contributed by atoms with Gasteiger partial charge in [0, 0.05) is 35.0 Å². The highest BCUT2D eigenvalue weighted by Crippen LogP contribution is 2.27. The molecule has 0 saturated carbocycles. The van der Waals surface area contributed by atoms with Crippen molar-refractivity contribution >= 4 is 44.8 Å². The third-order valence-corrected chi connectivity index (χ3v) is 5.86. The third kappa shape index (κ3) is 4.92. The molecule has 1 amide bonds. The van der Waals surface area contributed by atoms with Gasteiger partial charge in [-0.15, -0.1) is 11.3 Å². The Kier molecular flexibility index (Phi) is 6.64. The van der Waals surface area contributed by atoms with Crippen LogP contribution in [0.3, 0.4) is 0 Å². The van der Waals surface area contributed by atoms with Crippen molar-refractivity contribution in [3.05, 3.63) is 80.1 Å². The van der Waals surface area contributed by atoms with Crippen LogP contribution in [-0.4, -0.2) is 37.7 Å². The molecule has 4 rings (SSSR count). The molecular weight excluding hydrogens is 474 g/mol. The number of aryl methyl sites for hydroxylation is 1. The lowest BCUT2D eigenvalue weighted by Crippen LogP contribution is -2.31. The smallest absolute Gasteiger partial charge is 0.360 e. The number of nitrogens with zero attached hydrogens (tertiary/aromatic N) is 4. The number of thiazole rings is 1. The molecule has 0 spiro atoms. The molecule has 0 aliphatic carbocycles. The number of nitro benzene ring substituents is 1. The van der Waals surface area contributed by atoms with E-state index in [9.17, 15) is 24.5 Å². The van der Waals surface area contributed by atoms with Crippen molar-refractivity contribution in [3.63, 3.8) is 0 Å². The number of nitro groups is 1. The van der Waals surface area contributed by atoms with E-state index >= 15 is 0 Å². The van der Waals surface area contributed by atoms with Gasteiger partial charge in [0.1, 0.15) is 0 Å². The van der Waals surface area contributed by atoms with Crippen LogP contribution in [-0.2, 0) is 16.1 Å². The number of esters is 1. The zero-order valence-electron chi connectivity index (χ0n) is 18.6. The fraction of sp³-hybridized carbons (Fsp3) is 0.174. The summed E-state index contributed by atoms with van der Waals surface area (Å²) >= 11 is 1.12. The molecule has 1 N–H and O–H groups in total. The molecule has 35 heavy (non-hydrogen) atoms. The van der Waals surface area contributed by atoms with Crippen molar-refractivity contribution < 1.29 is 19.2 Å². The number of carbonyl (C=O) groups is 2. The van der Waals surface area contributed by atoms with Gasteiger partial charge in [0.25, 0.3) is 17.2 Å². The first kappa shape index (κ1) is 23.7. The van der Waals surface area contributed by atoms with Crippen molar-refractivity contribution in [1.29, 1.82) is 0 Å². The van der Waals surface area contributed by atoms with E-state index in [1.165, 1.54) is 19.1 Å². The maximum Gasteiger partial charge on any atom is 0.360 e. The Hall–Kier alpha value is -4.45. The van der Waals surface area contributed by atoms with Crippen molar-refractivity contribution in [2.45, 2.75) is 26.5 Å². The molecular formula is C23H19N5O6S. The summed E-state index contributed by atoms with van der Waals surface area (Å²) in [6.45, 7) is 3.39. The van der Waals surface area contributed by atoms with Crippen LogP contribution in [0.4, 0.5) is 10.8 Å². The fourth-order valence-electron chi connectivity index (χ4n) is 3.32. The molecule has 1 unspecified atom stereocenters. The largest absolute Gasteiger partial charge is 0.448 e. The fourth-order valence-corrected chi connectivity index (χ4v) is 4.04. The normalized spacial score (nSPS) is 11.7. The first-order chi connectivity index (χ1) is 16.8. The van der Waals surface area contributed by atoms with E-state index in [4.69, 9.17) is 4.74 Å². The van der Waals surface area contributed by atoms with Crippen molar-refractivity contribution in [2.75, 3.05) is 5.32 Å². The number of hydrogen-bond acceptors (Lipinski definition) is 9. The summed E-state index contributed by atoms with van der Waals surface area (Å²) in [5.74, 6) is -1.46. The number of fused-ring (bicyclic) bond motifs is 1. The number of amides is 1. The van der Waals surface area contributed by atoms with Crippen molar-refractivity contribution in [1.82, 2.24) is 14.8 Å². The monoisotopic (exact) mass is 493 g/mol. The molecule has 4 aromatic rings. The van der Waals surface area contributed by atoms with Crippen LogP contribution >= 0.6 is 11.3 Å². The van der Waals surface area contributed by atoms with Crippen LogP contribution < -0.4 is 10.9 Å². The van der Waals surface area contributed by atoms with Gasteiger partial charge in [0.15, 0.2) is 16.9 Å². The summed E-state index contributed by atoms with van der Waals surface area (Å²) in [7, 11) is 0. The SMILES string of the molecule is CCn1nc(C(=O)OC(C)C(=O)Nc2nc(-c3cccc([N+](=O)[O-])c3)cs2)c2ccccc2c1=O. The molecule has 0 aliphatic heterocycles. The van der Waals surface area contributed by atoms with E-state index in [2.05, 4.69) is 15.4 Å². The Bertz CT molecular complexity index is 1510. The number of benzene rings is 2. The van der Waals surface area contributed by atoms with Gasteiger partial charge in [-0.05, 0) is 19.9 Å². The first-order valence-corrected chi connectivity index (χ1v) is 11.4. The van der Waals surface area contributed by atoms with Gasteiger partial charge in [0.05, 0.1) is 16.0 Å². The minimum absolute atomic E-state index is 0.0658. The second-order valence-electron chi connectivity index (χ2n) is 7.40. The Labute approximate surface area is 202 Å². The number of nitrogens with one attached hydrogen (secondary N) is 1. The predicted octanol–water partition coefficient (Wildman–Crippen LogP) is 3.63. The number of anilines is 1. The van der Waals surface area contributed by atoms with Gasteiger partial charge in [-0.2, -0.15) is 5.10 Å². The second kappa shape index (κ2) is 9.81. The van der Waals surface area contributed by atoms with Gasteiger partial charge in [-0.3, -0.25) is 25.0 Å². The quantitative estimate of drug-likeness (QED) is 0.233. The number of carbonyl (C=O) groups excluding carboxylic acids is 2. The zero-order chi connectivity index (χ0) is 25.1. The number of hydrogen-bond donors (Lipinski definition) is 1. The molecule has 0 bridgehead atoms. The summed E-state index contributed by atoms with van der Waals surface area (Å²) in [6.07, 6.45) is -1.18. The maximum atomic E-state index is 12.8. The van der Waals surface area contributed by atoms with Gasteiger partial charge in [0.2, 0.25) is 0 Å². The predicted molar refractivity (Wildman–Crippen MR) is 129 cm³/mol. The Morgan fingerprint density at radius 3 is 2.66 bits per heavy atom. The molecule has 2 aromatic heterocycles. The lowest BCUT2D eigenvalue weighted by atomic mass is 10.1. The van der Waals surface area contributed by atoms with Crippen LogP contribution in [0.25, 0.3) is 22.0 Å². The standard InChI is InChI=1S/C23H19N5O6S/c1-3-27-21(30)17-10-5-4-9-16(17)19(26-27)22(31)34-13(2)20(29)25-23-24-18(12-35-23)14-7-6-8-15(11-14)28(32)33/h4-13H,3H2,1-2H3,(H,24,25,29). The molecule has 0 saturated heterocycles. The van der Waals surface area contributed by atoms with Crippen LogP contribution in [0.2, 0.25) is 0 Å².